The molecule has 98 valence electrons. The molecule has 0 unspecified atom stereocenters. The van der Waals surface area contributed by atoms with Crippen LogP contribution in [0.5, 0.6) is 0 Å². The summed E-state index contributed by atoms with van der Waals surface area (Å²) in [6.45, 7) is -0.852. The van der Waals surface area contributed by atoms with Crippen molar-refractivity contribution in [1.29, 1.82) is 0 Å². The average Bonchev–Trinajstić information content (AvgIpc) is 2.74. The number of aliphatic carboxylic acids is 1. The van der Waals surface area contributed by atoms with Gasteiger partial charge in [-0.3, -0.25) is 14.5 Å². The van der Waals surface area contributed by atoms with Gasteiger partial charge < -0.3 is 26.4 Å². The Morgan fingerprint density at radius 2 is 2.00 bits per heavy atom. The first-order valence-electron chi connectivity index (χ1n) is 5.10. The topological polar surface area (TPSA) is 140 Å². The Hall–Kier alpha value is -2.52. The van der Waals surface area contributed by atoms with Gasteiger partial charge in [-0.1, -0.05) is 0 Å². The fraction of sp³-hybridized carbons (Fsp3) is 0.500. The maximum absolute atomic E-state index is 11.5. The van der Waals surface area contributed by atoms with E-state index in [1.807, 2.05) is 0 Å². The number of carboxylic acid groups (broad SMARTS) is 1. The van der Waals surface area contributed by atoms with Crippen LogP contribution in [0.3, 0.4) is 0 Å². The highest BCUT2D eigenvalue weighted by atomic mass is 16.4. The lowest BCUT2D eigenvalue weighted by atomic mass is 10.4. The first-order chi connectivity index (χ1) is 8.47. The first-order valence-corrected chi connectivity index (χ1v) is 5.10. The van der Waals surface area contributed by atoms with Gasteiger partial charge in [-0.15, -0.1) is 0 Å². The van der Waals surface area contributed by atoms with Gasteiger partial charge in [0.15, 0.2) is 0 Å². The standard InChI is InChI=1S/C8H11N5O5/c14-3(9-1-4(15)16)2-13-6-5(11-8(13)18)10-7(17)12-6/h5-6H,1-2H2,(H,9,14)(H,11,18)(H,15,16)(H2,10,12,17)/t5-,6+/m1/s1. The van der Waals surface area contributed by atoms with Crippen molar-refractivity contribution >= 4 is 23.9 Å². The molecule has 5 amide bonds. The Morgan fingerprint density at radius 3 is 2.67 bits per heavy atom. The molecule has 2 aliphatic heterocycles. The van der Waals surface area contributed by atoms with Crippen LogP contribution in [0, 0.1) is 0 Å². The van der Waals surface area contributed by atoms with E-state index in [1.54, 1.807) is 0 Å². The summed E-state index contributed by atoms with van der Waals surface area (Å²) < 4.78 is 0. The van der Waals surface area contributed by atoms with E-state index in [9.17, 15) is 19.2 Å². The first kappa shape index (κ1) is 12.0. The van der Waals surface area contributed by atoms with Crippen LogP contribution in [0.1, 0.15) is 0 Å². The third-order valence-corrected chi connectivity index (χ3v) is 2.51. The van der Waals surface area contributed by atoms with Crippen molar-refractivity contribution in [3.8, 4) is 0 Å². The minimum atomic E-state index is -1.18. The molecule has 0 radical (unpaired) electrons. The second-order valence-corrected chi connectivity index (χ2v) is 3.79. The summed E-state index contributed by atoms with van der Waals surface area (Å²) in [5.41, 5.74) is 0. The van der Waals surface area contributed by atoms with E-state index in [-0.39, 0.29) is 6.54 Å². The van der Waals surface area contributed by atoms with Crippen molar-refractivity contribution in [3.63, 3.8) is 0 Å². The van der Waals surface area contributed by atoms with Crippen LogP contribution >= 0.6 is 0 Å². The Morgan fingerprint density at radius 1 is 1.28 bits per heavy atom. The second kappa shape index (κ2) is 4.39. The number of fused-ring (bicyclic) bond motifs is 1. The summed E-state index contributed by atoms with van der Waals surface area (Å²) in [5.74, 6) is -1.79. The van der Waals surface area contributed by atoms with Gasteiger partial charge in [0, 0.05) is 0 Å². The van der Waals surface area contributed by atoms with E-state index in [2.05, 4.69) is 21.3 Å². The van der Waals surface area contributed by atoms with E-state index in [0.29, 0.717) is 0 Å². The van der Waals surface area contributed by atoms with Gasteiger partial charge in [0.1, 0.15) is 25.4 Å². The van der Waals surface area contributed by atoms with E-state index < -0.39 is 42.8 Å². The molecule has 0 spiro atoms. The summed E-state index contributed by atoms with van der Waals surface area (Å²) in [4.78, 5) is 45.3. The van der Waals surface area contributed by atoms with Crippen LogP contribution in [0.2, 0.25) is 0 Å². The predicted molar refractivity (Wildman–Crippen MR) is 55.1 cm³/mol. The highest BCUT2D eigenvalue weighted by molar-refractivity contribution is 5.89. The van der Waals surface area contributed by atoms with Gasteiger partial charge in [-0.05, 0) is 0 Å². The maximum atomic E-state index is 11.5. The van der Waals surface area contributed by atoms with Gasteiger partial charge in [-0.25, -0.2) is 9.59 Å². The van der Waals surface area contributed by atoms with Gasteiger partial charge in [0.05, 0.1) is 0 Å². The average molecular weight is 257 g/mol. The zero-order chi connectivity index (χ0) is 13.3. The van der Waals surface area contributed by atoms with Gasteiger partial charge >= 0.3 is 18.0 Å². The molecule has 2 heterocycles. The third-order valence-electron chi connectivity index (χ3n) is 2.51. The molecule has 2 fully saturated rings. The molecule has 0 aromatic carbocycles. The second-order valence-electron chi connectivity index (χ2n) is 3.79. The van der Waals surface area contributed by atoms with E-state index in [0.717, 1.165) is 4.90 Å². The van der Waals surface area contributed by atoms with Crippen LogP contribution in [-0.2, 0) is 9.59 Å². The van der Waals surface area contributed by atoms with Crippen LogP contribution in [0.4, 0.5) is 9.59 Å². The maximum Gasteiger partial charge on any atom is 0.322 e. The number of carbonyl (C=O) groups is 4. The summed E-state index contributed by atoms with van der Waals surface area (Å²) in [6.07, 6.45) is -1.24. The Labute approximate surface area is 101 Å². The Balaban J connectivity index is 1.92. The number of amides is 5. The van der Waals surface area contributed by atoms with Gasteiger partial charge in [0.25, 0.3) is 0 Å². The fourth-order valence-electron chi connectivity index (χ4n) is 1.75. The van der Waals surface area contributed by atoms with Crippen molar-refractivity contribution < 1.29 is 24.3 Å². The largest absolute Gasteiger partial charge is 0.480 e. The summed E-state index contributed by atoms with van der Waals surface area (Å²) >= 11 is 0. The summed E-state index contributed by atoms with van der Waals surface area (Å²) in [7, 11) is 0. The molecule has 2 atom stereocenters. The minimum Gasteiger partial charge on any atom is -0.480 e. The summed E-state index contributed by atoms with van der Waals surface area (Å²) in [5, 5.41) is 17.9. The van der Waals surface area contributed by atoms with E-state index in [4.69, 9.17) is 5.11 Å². The number of rotatable bonds is 4. The molecular formula is C8H11N5O5. The fourth-order valence-corrected chi connectivity index (χ4v) is 1.75. The van der Waals surface area contributed by atoms with Crippen molar-refractivity contribution in [2.75, 3.05) is 13.1 Å². The number of carboxylic acids is 1. The number of nitrogens with one attached hydrogen (secondary N) is 4. The van der Waals surface area contributed by atoms with E-state index in [1.165, 1.54) is 0 Å². The molecule has 0 aliphatic carbocycles. The smallest absolute Gasteiger partial charge is 0.322 e. The molecule has 10 heteroatoms. The summed E-state index contributed by atoms with van der Waals surface area (Å²) in [6, 6.07) is -0.955. The monoisotopic (exact) mass is 257 g/mol. The van der Waals surface area contributed by atoms with Crippen LogP contribution < -0.4 is 21.3 Å². The molecule has 18 heavy (non-hydrogen) atoms. The predicted octanol–water partition coefficient (Wildman–Crippen LogP) is -2.82. The van der Waals surface area contributed by atoms with Gasteiger partial charge in [0.2, 0.25) is 5.91 Å². The molecule has 10 nitrogen and oxygen atoms in total. The number of carbonyl (C=O) groups excluding carboxylic acids is 3. The molecule has 0 aromatic heterocycles. The minimum absolute atomic E-state index is 0.331. The molecule has 0 bridgehead atoms. The van der Waals surface area contributed by atoms with Crippen molar-refractivity contribution in [2.45, 2.75) is 12.3 Å². The molecule has 0 saturated carbocycles. The lowest BCUT2D eigenvalue weighted by Gasteiger charge is -2.20. The van der Waals surface area contributed by atoms with Crippen LogP contribution in [0.15, 0.2) is 0 Å². The third kappa shape index (κ3) is 2.26. The van der Waals surface area contributed by atoms with Crippen LogP contribution in [0.25, 0.3) is 0 Å². The molecule has 0 aromatic rings. The van der Waals surface area contributed by atoms with Crippen molar-refractivity contribution in [1.82, 2.24) is 26.2 Å². The number of hydrogen-bond donors (Lipinski definition) is 5. The molecular weight excluding hydrogens is 246 g/mol. The lowest BCUT2D eigenvalue weighted by Crippen LogP contribution is -2.48. The lowest BCUT2D eigenvalue weighted by molar-refractivity contribution is -0.138. The zero-order valence-electron chi connectivity index (χ0n) is 9.10. The molecule has 2 rings (SSSR count). The molecule has 5 N–H and O–H groups in total. The molecule has 2 aliphatic rings. The number of hydrogen-bond acceptors (Lipinski definition) is 4. The van der Waals surface area contributed by atoms with Gasteiger partial charge in [-0.2, -0.15) is 0 Å². The SMILES string of the molecule is O=C(O)CNC(=O)CN1C(=O)N[C@H]2NC(=O)N[C@H]21. The zero-order valence-corrected chi connectivity index (χ0v) is 9.10. The van der Waals surface area contributed by atoms with E-state index >= 15 is 0 Å². The van der Waals surface area contributed by atoms with Crippen LogP contribution in [-0.4, -0.2) is 59.4 Å². The quantitative estimate of drug-likeness (QED) is 0.369. The normalized spacial score (nSPS) is 25.0. The highest BCUT2D eigenvalue weighted by Gasteiger charge is 2.45. The number of nitrogens with zero attached hydrogens (tertiary/aromatic N) is 1. The molecule has 2 saturated heterocycles. The Bertz CT molecular complexity index is 424. The Kier molecular flexibility index (Phi) is 2.92. The van der Waals surface area contributed by atoms with Crippen molar-refractivity contribution in [2.24, 2.45) is 0 Å². The number of urea groups is 2. The van der Waals surface area contributed by atoms with Crippen molar-refractivity contribution in [3.05, 3.63) is 0 Å². The highest BCUT2D eigenvalue weighted by Crippen LogP contribution is 2.12.